The second kappa shape index (κ2) is 5.04. The van der Waals surface area contributed by atoms with Gasteiger partial charge in [0.05, 0.1) is 13.0 Å². The number of fused-ring (bicyclic) bond motifs is 1. The summed E-state index contributed by atoms with van der Waals surface area (Å²) < 4.78 is 4.81. The number of carbonyl (C=O) groups is 2. The van der Waals surface area contributed by atoms with Crippen LogP contribution in [0.5, 0.6) is 0 Å². The monoisotopic (exact) mass is 245 g/mol. The summed E-state index contributed by atoms with van der Waals surface area (Å²) in [6, 6.07) is 7.62. The first kappa shape index (κ1) is 12.4. The average Bonchev–Trinajstić information content (AvgIpc) is 2.44. The van der Waals surface area contributed by atoms with E-state index in [-0.39, 0.29) is 11.9 Å². The summed E-state index contributed by atoms with van der Waals surface area (Å²) in [6.45, 7) is 4.32. The molecule has 0 aromatic heterocycles. The van der Waals surface area contributed by atoms with Crippen molar-refractivity contribution in [3.8, 4) is 0 Å². The van der Waals surface area contributed by atoms with Gasteiger partial charge in [-0.1, -0.05) is 30.8 Å². The molecular weight excluding hydrogens is 230 g/mol. The summed E-state index contributed by atoms with van der Waals surface area (Å²) in [5.74, 6) is -0.897. The summed E-state index contributed by atoms with van der Waals surface area (Å²) in [4.78, 5) is 25.1. The van der Waals surface area contributed by atoms with E-state index in [4.69, 9.17) is 4.74 Å². The Hall–Kier alpha value is -2.10. The highest BCUT2D eigenvalue weighted by atomic mass is 16.5. The van der Waals surface area contributed by atoms with Crippen molar-refractivity contribution in [1.29, 1.82) is 0 Å². The fraction of sp³-hybridized carbons (Fsp3) is 0.286. The van der Waals surface area contributed by atoms with E-state index in [0.717, 1.165) is 11.1 Å². The zero-order valence-corrected chi connectivity index (χ0v) is 10.3. The van der Waals surface area contributed by atoms with Crippen molar-refractivity contribution in [3.63, 3.8) is 0 Å². The van der Waals surface area contributed by atoms with E-state index < -0.39 is 5.92 Å². The van der Waals surface area contributed by atoms with E-state index in [1.807, 2.05) is 24.3 Å². The van der Waals surface area contributed by atoms with Gasteiger partial charge in [0.15, 0.2) is 0 Å². The minimum absolute atomic E-state index is 0.168. The number of esters is 1. The Bertz CT molecular complexity index is 496. The molecule has 4 heteroatoms. The molecule has 0 saturated carbocycles. The normalized spacial score (nSPS) is 17.8. The number of methoxy groups -OCH3 is 1. The van der Waals surface area contributed by atoms with Crippen LogP contribution in [0.15, 0.2) is 36.9 Å². The van der Waals surface area contributed by atoms with Gasteiger partial charge in [-0.3, -0.25) is 9.59 Å². The molecule has 18 heavy (non-hydrogen) atoms. The predicted molar refractivity (Wildman–Crippen MR) is 66.8 cm³/mol. The Morgan fingerprint density at radius 2 is 2.17 bits per heavy atom. The van der Waals surface area contributed by atoms with Crippen LogP contribution in [-0.2, 0) is 20.9 Å². The van der Waals surface area contributed by atoms with E-state index in [1.165, 1.54) is 13.2 Å². The van der Waals surface area contributed by atoms with Gasteiger partial charge in [0.25, 0.3) is 0 Å². The first-order valence-electron chi connectivity index (χ1n) is 5.74. The molecule has 94 valence electrons. The van der Waals surface area contributed by atoms with Crippen molar-refractivity contribution < 1.29 is 14.3 Å². The van der Waals surface area contributed by atoms with E-state index in [0.29, 0.717) is 13.1 Å². The lowest BCUT2D eigenvalue weighted by Crippen LogP contribution is -2.40. The number of hydrogen-bond acceptors (Lipinski definition) is 3. The predicted octanol–water partition coefficient (Wildman–Crippen LogP) is 1.47. The maximum atomic E-state index is 11.8. The van der Waals surface area contributed by atoms with E-state index in [1.54, 1.807) is 4.90 Å². The first-order valence-corrected chi connectivity index (χ1v) is 5.74. The number of amides is 1. The zero-order valence-electron chi connectivity index (χ0n) is 10.3. The van der Waals surface area contributed by atoms with Gasteiger partial charge < -0.3 is 9.64 Å². The van der Waals surface area contributed by atoms with Crippen molar-refractivity contribution in [2.75, 3.05) is 13.7 Å². The molecule has 1 aromatic carbocycles. The van der Waals surface area contributed by atoms with Gasteiger partial charge in [0, 0.05) is 13.1 Å². The maximum absolute atomic E-state index is 11.8. The smallest absolute Gasteiger partial charge is 0.314 e. The SMILES string of the molecule is C=CC(=O)N1Cc2ccccc2[C@@H](C(=O)OC)C1. The molecule has 4 nitrogen and oxygen atoms in total. The molecule has 0 saturated heterocycles. The molecular formula is C14H15NO3. The standard InChI is InChI=1S/C14H15NO3/c1-3-13(16)15-8-10-6-4-5-7-11(10)12(9-15)14(17)18-2/h3-7,12H,1,8-9H2,2H3/t12-/m0/s1. The van der Waals surface area contributed by atoms with Gasteiger partial charge in [-0.15, -0.1) is 0 Å². The number of benzene rings is 1. The van der Waals surface area contributed by atoms with Crippen LogP contribution in [0.4, 0.5) is 0 Å². The molecule has 1 atom stereocenters. The lowest BCUT2D eigenvalue weighted by Gasteiger charge is -2.32. The number of nitrogens with zero attached hydrogens (tertiary/aromatic N) is 1. The lowest BCUT2D eigenvalue weighted by molar-refractivity contribution is -0.144. The summed E-state index contributed by atoms with van der Waals surface area (Å²) in [6.07, 6.45) is 1.27. The Morgan fingerprint density at radius 3 is 2.83 bits per heavy atom. The second-order valence-electron chi connectivity index (χ2n) is 4.20. The Balaban J connectivity index is 2.38. The molecule has 1 amide bonds. The molecule has 1 aliphatic heterocycles. The highest BCUT2D eigenvalue weighted by Gasteiger charge is 2.32. The van der Waals surface area contributed by atoms with Gasteiger partial charge in [0.1, 0.15) is 0 Å². The van der Waals surface area contributed by atoms with Crippen molar-refractivity contribution in [2.24, 2.45) is 0 Å². The number of ether oxygens (including phenoxy) is 1. The third-order valence-electron chi connectivity index (χ3n) is 3.17. The summed E-state index contributed by atoms with van der Waals surface area (Å²) in [7, 11) is 1.36. The molecule has 1 aromatic rings. The number of rotatable bonds is 2. The van der Waals surface area contributed by atoms with Crippen molar-refractivity contribution >= 4 is 11.9 Å². The van der Waals surface area contributed by atoms with Crippen molar-refractivity contribution in [2.45, 2.75) is 12.5 Å². The fourth-order valence-electron chi connectivity index (χ4n) is 2.25. The zero-order chi connectivity index (χ0) is 13.1. The fourth-order valence-corrected chi connectivity index (χ4v) is 2.25. The van der Waals surface area contributed by atoms with Crippen LogP contribution >= 0.6 is 0 Å². The molecule has 1 heterocycles. The highest BCUT2D eigenvalue weighted by molar-refractivity contribution is 5.88. The largest absolute Gasteiger partial charge is 0.468 e. The minimum Gasteiger partial charge on any atom is -0.468 e. The van der Waals surface area contributed by atoms with Crippen LogP contribution in [0.1, 0.15) is 17.0 Å². The molecule has 0 radical (unpaired) electrons. The van der Waals surface area contributed by atoms with Crippen LogP contribution in [0.25, 0.3) is 0 Å². The molecule has 1 aliphatic rings. The van der Waals surface area contributed by atoms with Gasteiger partial charge >= 0.3 is 5.97 Å². The Morgan fingerprint density at radius 1 is 1.44 bits per heavy atom. The maximum Gasteiger partial charge on any atom is 0.314 e. The van der Waals surface area contributed by atoms with E-state index >= 15 is 0 Å². The molecule has 2 rings (SSSR count). The highest BCUT2D eigenvalue weighted by Crippen LogP contribution is 2.29. The van der Waals surface area contributed by atoms with Crippen LogP contribution in [0.2, 0.25) is 0 Å². The van der Waals surface area contributed by atoms with Crippen LogP contribution < -0.4 is 0 Å². The molecule has 0 fully saturated rings. The molecule has 0 N–H and O–H groups in total. The quantitative estimate of drug-likeness (QED) is 0.585. The van der Waals surface area contributed by atoms with Crippen molar-refractivity contribution in [3.05, 3.63) is 48.0 Å². The van der Waals surface area contributed by atoms with Crippen LogP contribution in [0, 0.1) is 0 Å². The Labute approximate surface area is 106 Å². The van der Waals surface area contributed by atoms with Gasteiger partial charge in [-0.25, -0.2) is 0 Å². The molecule has 0 unspecified atom stereocenters. The summed E-state index contributed by atoms with van der Waals surface area (Å²) in [5, 5.41) is 0. The third-order valence-corrected chi connectivity index (χ3v) is 3.17. The van der Waals surface area contributed by atoms with Gasteiger partial charge in [-0.05, 0) is 17.2 Å². The summed E-state index contributed by atoms with van der Waals surface area (Å²) >= 11 is 0. The van der Waals surface area contributed by atoms with Crippen LogP contribution in [0.3, 0.4) is 0 Å². The molecule has 0 aliphatic carbocycles. The molecule has 0 spiro atoms. The van der Waals surface area contributed by atoms with E-state index in [9.17, 15) is 9.59 Å². The number of carbonyl (C=O) groups excluding carboxylic acids is 2. The first-order chi connectivity index (χ1) is 8.67. The number of hydrogen-bond donors (Lipinski definition) is 0. The van der Waals surface area contributed by atoms with Gasteiger partial charge in [-0.2, -0.15) is 0 Å². The lowest BCUT2D eigenvalue weighted by atomic mass is 9.89. The Kier molecular flexibility index (Phi) is 3.46. The van der Waals surface area contributed by atoms with Crippen molar-refractivity contribution in [1.82, 2.24) is 4.90 Å². The topological polar surface area (TPSA) is 46.6 Å². The van der Waals surface area contributed by atoms with Gasteiger partial charge in [0.2, 0.25) is 5.91 Å². The molecule has 0 bridgehead atoms. The summed E-state index contributed by atoms with van der Waals surface area (Å²) in [5.41, 5.74) is 1.92. The van der Waals surface area contributed by atoms with E-state index in [2.05, 4.69) is 6.58 Å². The third kappa shape index (κ3) is 2.14. The second-order valence-corrected chi connectivity index (χ2v) is 4.20. The minimum atomic E-state index is -0.413. The van der Waals surface area contributed by atoms with Crippen LogP contribution in [-0.4, -0.2) is 30.4 Å². The average molecular weight is 245 g/mol.